The maximum Gasteiger partial charge on any atom is 0.225 e. The molecule has 0 aromatic carbocycles. The van der Waals surface area contributed by atoms with Gasteiger partial charge in [0.05, 0.1) is 10.9 Å². The summed E-state index contributed by atoms with van der Waals surface area (Å²) in [7, 11) is 0. The van der Waals surface area contributed by atoms with E-state index < -0.39 is 0 Å². The van der Waals surface area contributed by atoms with Gasteiger partial charge in [-0.15, -0.1) is 21.5 Å². The highest BCUT2D eigenvalue weighted by Gasteiger charge is 2.10. The average molecular weight is 276 g/mol. The third-order valence-electron chi connectivity index (χ3n) is 2.20. The van der Waals surface area contributed by atoms with Gasteiger partial charge in [0, 0.05) is 11.3 Å². The van der Waals surface area contributed by atoms with Gasteiger partial charge in [-0.3, -0.25) is 4.57 Å². The molecule has 0 atom stereocenters. The summed E-state index contributed by atoms with van der Waals surface area (Å²) in [4.78, 5) is 1.16. The van der Waals surface area contributed by atoms with Crippen molar-refractivity contribution in [3.63, 3.8) is 0 Å². The van der Waals surface area contributed by atoms with Gasteiger partial charge in [0.2, 0.25) is 5.28 Å². The topological polar surface area (TPSA) is 30.7 Å². The van der Waals surface area contributed by atoms with Crippen LogP contribution in [0, 0.1) is 0 Å². The Labute approximate surface area is 108 Å². The first-order valence-electron chi connectivity index (χ1n) is 5.02. The maximum atomic E-state index is 6.00. The van der Waals surface area contributed by atoms with Crippen LogP contribution >= 0.6 is 34.5 Å². The lowest BCUT2D eigenvalue weighted by atomic mass is 10.3. The molecule has 2 rings (SSSR count). The Hall–Kier alpha value is -0.580. The molecule has 0 bridgehead atoms. The summed E-state index contributed by atoms with van der Waals surface area (Å²) < 4.78 is 2.71. The van der Waals surface area contributed by atoms with Gasteiger partial charge in [-0.25, -0.2) is 0 Å². The van der Waals surface area contributed by atoms with Gasteiger partial charge >= 0.3 is 0 Å². The van der Waals surface area contributed by atoms with Crippen molar-refractivity contribution < 1.29 is 0 Å². The molecule has 0 aliphatic carbocycles. The number of hydrogen-bond acceptors (Lipinski definition) is 3. The first kappa shape index (κ1) is 11.9. The molecule has 0 fully saturated rings. The zero-order valence-electron chi connectivity index (χ0n) is 8.78. The fourth-order valence-corrected chi connectivity index (χ4v) is 2.74. The van der Waals surface area contributed by atoms with Gasteiger partial charge in [-0.1, -0.05) is 18.5 Å². The van der Waals surface area contributed by atoms with Crippen LogP contribution in [-0.4, -0.2) is 14.8 Å². The van der Waals surface area contributed by atoms with Crippen LogP contribution in [0.4, 0.5) is 0 Å². The molecule has 86 valence electrons. The Morgan fingerprint density at radius 1 is 1.31 bits per heavy atom. The van der Waals surface area contributed by atoms with Crippen molar-refractivity contribution in [2.24, 2.45) is 0 Å². The predicted molar refractivity (Wildman–Crippen MR) is 67.5 cm³/mol. The van der Waals surface area contributed by atoms with E-state index in [0.717, 1.165) is 27.9 Å². The molecule has 0 saturated carbocycles. The summed E-state index contributed by atoms with van der Waals surface area (Å²) in [5.74, 6) is 0.928. The number of aryl methyl sites for hydroxylation is 1. The maximum absolute atomic E-state index is 6.00. The van der Waals surface area contributed by atoms with E-state index in [1.807, 2.05) is 16.7 Å². The molecule has 2 aromatic rings. The SMILES string of the molecule is CCCc1nnc(Cl)n1Cc1ccc(Cl)s1. The lowest BCUT2D eigenvalue weighted by Crippen LogP contribution is -2.04. The largest absolute Gasteiger partial charge is 0.296 e. The second-order valence-electron chi connectivity index (χ2n) is 3.43. The molecule has 3 nitrogen and oxygen atoms in total. The van der Waals surface area contributed by atoms with Gasteiger partial charge < -0.3 is 0 Å². The number of nitrogens with zero attached hydrogens (tertiary/aromatic N) is 3. The standard InChI is InChI=1S/C10H11Cl2N3S/c1-2-3-9-13-14-10(12)15(9)6-7-4-5-8(11)16-7/h4-5H,2-3,6H2,1H3. The van der Waals surface area contributed by atoms with Crippen LogP contribution in [0.25, 0.3) is 0 Å². The molecule has 0 aliphatic heterocycles. The van der Waals surface area contributed by atoms with Crippen LogP contribution in [0.5, 0.6) is 0 Å². The van der Waals surface area contributed by atoms with Crippen LogP contribution < -0.4 is 0 Å². The molecule has 0 saturated heterocycles. The highest BCUT2D eigenvalue weighted by Crippen LogP contribution is 2.23. The first-order chi connectivity index (χ1) is 7.70. The zero-order chi connectivity index (χ0) is 11.5. The van der Waals surface area contributed by atoms with Gasteiger partial charge in [0.15, 0.2) is 0 Å². The molecular weight excluding hydrogens is 265 g/mol. The number of thiophene rings is 1. The molecule has 6 heteroatoms. The second-order valence-corrected chi connectivity index (χ2v) is 5.56. The quantitative estimate of drug-likeness (QED) is 0.853. The third-order valence-corrected chi connectivity index (χ3v) is 3.69. The molecular formula is C10H11Cl2N3S. The lowest BCUT2D eigenvalue weighted by molar-refractivity contribution is 0.711. The average Bonchev–Trinajstić information content (AvgIpc) is 2.79. The van der Waals surface area contributed by atoms with E-state index in [1.54, 1.807) is 11.3 Å². The second kappa shape index (κ2) is 5.17. The van der Waals surface area contributed by atoms with Crippen LogP contribution in [0.2, 0.25) is 9.62 Å². The van der Waals surface area contributed by atoms with Crippen LogP contribution in [-0.2, 0) is 13.0 Å². The number of halogens is 2. The molecule has 2 heterocycles. The molecule has 0 aliphatic rings. The van der Waals surface area contributed by atoms with Crippen molar-refractivity contribution in [3.05, 3.63) is 32.5 Å². The normalized spacial score (nSPS) is 10.9. The fourth-order valence-electron chi connectivity index (χ4n) is 1.47. The molecule has 0 N–H and O–H groups in total. The predicted octanol–water partition coefficient (Wildman–Crippen LogP) is 3.65. The van der Waals surface area contributed by atoms with E-state index in [9.17, 15) is 0 Å². The first-order valence-corrected chi connectivity index (χ1v) is 6.59. The molecule has 0 unspecified atom stereocenters. The van der Waals surface area contributed by atoms with Crippen molar-refractivity contribution in [2.75, 3.05) is 0 Å². The van der Waals surface area contributed by atoms with Gasteiger partial charge in [0.1, 0.15) is 5.82 Å². The molecule has 16 heavy (non-hydrogen) atoms. The van der Waals surface area contributed by atoms with E-state index in [4.69, 9.17) is 23.2 Å². The van der Waals surface area contributed by atoms with Crippen molar-refractivity contribution in [1.29, 1.82) is 0 Å². The fraction of sp³-hybridized carbons (Fsp3) is 0.400. The van der Waals surface area contributed by atoms with Gasteiger partial charge in [0.25, 0.3) is 0 Å². The van der Waals surface area contributed by atoms with E-state index >= 15 is 0 Å². The van der Waals surface area contributed by atoms with Crippen molar-refractivity contribution in [2.45, 2.75) is 26.3 Å². The van der Waals surface area contributed by atoms with E-state index in [0.29, 0.717) is 11.8 Å². The Kier molecular flexibility index (Phi) is 3.84. The molecule has 0 amide bonds. The van der Waals surface area contributed by atoms with E-state index in [-0.39, 0.29) is 0 Å². The third kappa shape index (κ3) is 2.56. The van der Waals surface area contributed by atoms with E-state index in [1.165, 1.54) is 0 Å². The summed E-state index contributed by atoms with van der Waals surface area (Å²) in [5, 5.41) is 8.39. The van der Waals surface area contributed by atoms with Gasteiger partial charge in [-0.05, 0) is 30.2 Å². The summed E-state index contributed by atoms with van der Waals surface area (Å²) in [5.41, 5.74) is 0. The number of rotatable bonds is 4. The molecule has 2 aromatic heterocycles. The minimum atomic E-state index is 0.438. The summed E-state index contributed by atoms with van der Waals surface area (Å²) >= 11 is 13.4. The highest BCUT2D eigenvalue weighted by atomic mass is 35.5. The minimum absolute atomic E-state index is 0.438. The minimum Gasteiger partial charge on any atom is -0.296 e. The Morgan fingerprint density at radius 2 is 2.12 bits per heavy atom. The van der Waals surface area contributed by atoms with E-state index in [2.05, 4.69) is 17.1 Å². The smallest absolute Gasteiger partial charge is 0.225 e. The molecule has 0 radical (unpaired) electrons. The Morgan fingerprint density at radius 3 is 2.75 bits per heavy atom. The lowest BCUT2D eigenvalue weighted by Gasteiger charge is -2.04. The monoisotopic (exact) mass is 275 g/mol. The Balaban J connectivity index is 2.22. The van der Waals surface area contributed by atoms with Crippen LogP contribution in [0.15, 0.2) is 12.1 Å². The number of hydrogen-bond donors (Lipinski definition) is 0. The summed E-state index contributed by atoms with van der Waals surface area (Å²) in [6, 6.07) is 3.89. The van der Waals surface area contributed by atoms with Crippen molar-refractivity contribution in [3.8, 4) is 0 Å². The highest BCUT2D eigenvalue weighted by molar-refractivity contribution is 7.16. The summed E-state index contributed by atoms with van der Waals surface area (Å²) in [6.45, 7) is 2.80. The van der Waals surface area contributed by atoms with Crippen LogP contribution in [0.1, 0.15) is 24.0 Å². The summed E-state index contributed by atoms with van der Waals surface area (Å²) in [6.07, 6.45) is 1.92. The Bertz CT molecular complexity index is 478. The van der Waals surface area contributed by atoms with Crippen molar-refractivity contribution >= 4 is 34.5 Å². The number of aromatic nitrogens is 3. The molecule has 0 spiro atoms. The van der Waals surface area contributed by atoms with Crippen LogP contribution in [0.3, 0.4) is 0 Å². The zero-order valence-corrected chi connectivity index (χ0v) is 11.1. The van der Waals surface area contributed by atoms with Crippen molar-refractivity contribution in [1.82, 2.24) is 14.8 Å². The van der Waals surface area contributed by atoms with Gasteiger partial charge in [-0.2, -0.15) is 0 Å².